The quantitative estimate of drug-likeness (QED) is 0.769. The molecule has 1 N–H and O–H groups in total. The van der Waals surface area contributed by atoms with E-state index in [0.29, 0.717) is 22.2 Å². The third kappa shape index (κ3) is 1.69. The molecule has 0 atom stereocenters. The minimum atomic E-state index is -1.19. The van der Waals surface area contributed by atoms with Crippen LogP contribution in [0.1, 0.15) is 10.6 Å². The van der Waals surface area contributed by atoms with Crippen molar-refractivity contribution in [3.8, 4) is 11.3 Å². The van der Waals surface area contributed by atoms with Gasteiger partial charge in [-0.2, -0.15) is 0 Å². The predicted molar refractivity (Wildman–Crippen MR) is 65.3 cm³/mol. The first-order chi connectivity index (χ1) is 9.08. The lowest BCUT2D eigenvalue weighted by atomic mass is 10.1. The lowest BCUT2D eigenvalue weighted by molar-refractivity contribution is 0.0652. The first-order valence-corrected chi connectivity index (χ1v) is 5.52. The summed E-state index contributed by atoms with van der Waals surface area (Å²) < 4.78 is 20.1. The molecule has 3 aromatic rings. The molecule has 0 amide bonds. The van der Waals surface area contributed by atoms with E-state index in [9.17, 15) is 9.18 Å². The van der Waals surface area contributed by atoms with Gasteiger partial charge in [0.15, 0.2) is 0 Å². The molecule has 0 unspecified atom stereocenters. The second kappa shape index (κ2) is 3.94. The molecule has 6 heteroatoms. The van der Waals surface area contributed by atoms with Gasteiger partial charge < -0.3 is 14.2 Å². The molecule has 2 heterocycles. The summed E-state index contributed by atoms with van der Waals surface area (Å²) >= 11 is 0. The Bertz CT molecular complexity index is 788. The van der Waals surface area contributed by atoms with Crippen LogP contribution in [0.2, 0.25) is 0 Å². The van der Waals surface area contributed by atoms with Gasteiger partial charge in [0.1, 0.15) is 11.5 Å². The van der Waals surface area contributed by atoms with Crippen molar-refractivity contribution in [2.24, 2.45) is 7.05 Å². The van der Waals surface area contributed by atoms with Crippen LogP contribution in [0.25, 0.3) is 22.2 Å². The SMILES string of the molecule is Cn1cc(-c2cc(C(=O)O)on2)c2cccc(F)c21. The molecule has 0 aliphatic carbocycles. The second-order valence-corrected chi connectivity index (χ2v) is 4.17. The van der Waals surface area contributed by atoms with Gasteiger partial charge in [0, 0.05) is 30.3 Å². The molecule has 0 saturated heterocycles. The summed E-state index contributed by atoms with van der Waals surface area (Å²) in [6, 6.07) is 6.04. The van der Waals surface area contributed by atoms with Crippen LogP contribution in [-0.2, 0) is 7.05 Å². The summed E-state index contributed by atoms with van der Waals surface area (Å²) in [7, 11) is 1.72. The molecule has 0 saturated carbocycles. The van der Waals surface area contributed by atoms with Crippen LogP contribution < -0.4 is 0 Å². The number of fused-ring (bicyclic) bond motifs is 1. The molecule has 0 fully saturated rings. The lowest BCUT2D eigenvalue weighted by Crippen LogP contribution is -1.91. The summed E-state index contributed by atoms with van der Waals surface area (Å²) in [6.07, 6.45) is 1.69. The standard InChI is InChI=1S/C13H9FN2O3/c1-16-6-8(7-3-2-4-9(14)12(7)16)10-5-11(13(17)18)19-15-10/h2-6H,1H3,(H,17,18). The number of hydrogen-bond acceptors (Lipinski definition) is 3. The van der Waals surface area contributed by atoms with E-state index in [1.54, 1.807) is 29.9 Å². The third-order valence-corrected chi connectivity index (χ3v) is 2.95. The topological polar surface area (TPSA) is 68.3 Å². The van der Waals surface area contributed by atoms with E-state index in [4.69, 9.17) is 9.63 Å². The summed E-state index contributed by atoms with van der Waals surface area (Å²) in [6.45, 7) is 0. The van der Waals surface area contributed by atoms with Crippen molar-refractivity contribution in [3.63, 3.8) is 0 Å². The van der Waals surface area contributed by atoms with Gasteiger partial charge in [0.05, 0.1) is 5.52 Å². The summed E-state index contributed by atoms with van der Waals surface area (Å²) in [4.78, 5) is 10.8. The molecule has 0 aliphatic heterocycles. The molecule has 19 heavy (non-hydrogen) atoms. The van der Waals surface area contributed by atoms with E-state index in [-0.39, 0.29) is 11.6 Å². The van der Waals surface area contributed by atoms with Crippen LogP contribution >= 0.6 is 0 Å². The predicted octanol–water partition coefficient (Wildman–Crippen LogP) is 2.67. The molecule has 5 nitrogen and oxygen atoms in total. The number of nitrogens with zero attached hydrogens (tertiary/aromatic N) is 2. The molecular formula is C13H9FN2O3. The molecule has 1 aromatic carbocycles. The number of hydrogen-bond donors (Lipinski definition) is 1. The number of benzene rings is 1. The molecule has 0 radical (unpaired) electrons. The van der Waals surface area contributed by atoms with Gasteiger partial charge >= 0.3 is 5.97 Å². The van der Waals surface area contributed by atoms with Crippen LogP contribution in [0.3, 0.4) is 0 Å². The van der Waals surface area contributed by atoms with Crippen molar-refractivity contribution in [1.82, 2.24) is 9.72 Å². The Morgan fingerprint density at radius 3 is 2.95 bits per heavy atom. The fraction of sp³-hybridized carbons (Fsp3) is 0.0769. The Kier molecular flexibility index (Phi) is 2.38. The van der Waals surface area contributed by atoms with E-state index in [2.05, 4.69) is 5.16 Å². The van der Waals surface area contributed by atoms with Gasteiger partial charge in [-0.25, -0.2) is 9.18 Å². The number of carboxylic acid groups (broad SMARTS) is 1. The Morgan fingerprint density at radius 2 is 2.26 bits per heavy atom. The van der Waals surface area contributed by atoms with E-state index >= 15 is 0 Å². The zero-order valence-electron chi connectivity index (χ0n) is 9.92. The average molecular weight is 260 g/mol. The molecule has 0 spiro atoms. The van der Waals surface area contributed by atoms with Crippen molar-refractivity contribution in [2.75, 3.05) is 0 Å². The maximum absolute atomic E-state index is 13.8. The van der Waals surface area contributed by atoms with Crippen molar-refractivity contribution in [1.29, 1.82) is 0 Å². The monoisotopic (exact) mass is 260 g/mol. The summed E-state index contributed by atoms with van der Waals surface area (Å²) in [5, 5.41) is 13.2. The van der Waals surface area contributed by atoms with E-state index in [1.807, 2.05) is 0 Å². The lowest BCUT2D eigenvalue weighted by Gasteiger charge is -1.96. The zero-order chi connectivity index (χ0) is 13.6. The highest BCUT2D eigenvalue weighted by Crippen LogP contribution is 2.31. The molecule has 0 bridgehead atoms. The Hall–Kier alpha value is -2.63. The van der Waals surface area contributed by atoms with Crippen LogP contribution in [0.15, 0.2) is 35.0 Å². The van der Waals surface area contributed by atoms with E-state index in [0.717, 1.165) is 0 Å². The third-order valence-electron chi connectivity index (χ3n) is 2.95. The van der Waals surface area contributed by atoms with Crippen molar-refractivity contribution >= 4 is 16.9 Å². The second-order valence-electron chi connectivity index (χ2n) is 4.17. The fourth-order valence-electron chi connectivity index (χ4n) is 2.13. The number of halogens is 1. The van der Waals surface area contributed by atoms with Gasteiger partial charge in [-0.05, 0) is 6.07 Å². The normalized spacial score (nSPS) is 11.1. The van der Waals surface area contributed by atoms with Crippen LogP contribution in [-0.4, -0.2) is 20.8 Å². The smallest absolute Gasteiger partial charge is 0.374 e. The minimum absolute atomic E-state index is 0.247. The fourth-order valence-corrected chi connectivity index (χ4v) is 2.13. The van der Waals surface area contributed by atoms with Crippen molar-refractivity contribution in [3.05, 3.63) is 42.0 Å². The Labute approximate surface area is 106 Å². The summed E-state index contributed by atoms with van der Waals surface area (Å²) in [5.74, 6) is -1.78. The number of aromatic carboxylic acids is 1. The average Bonchev–Trinajstić information content (AvgIpc) is 2.95. The molecular weight excluding hydrogens is 251 g/mol. The van der Waals surface area contributed by atoms with Gasteiger partial charge in [-0.15, -0.1) is 0 Å². The number of carboxylic acids is 1. The maximum Gasteiger partial charge on any atom is 0.374 e. The Balaban J connectivity index is 2.25. The largest absolute Gasteiger partial charge is 0.475 e. The number of rotatable bonds is 2. The highest BCUT2D eigenvalue weighted by atomic mass is 19.1. The molecule has 0 aliphatic rings. The number of para-hydroxylation sites is 1. The maximum atomic E-state index is 13.8. The number of aromatic nitrogens is 2. The van der Waals surface area contributed by atoms with Crippen LogP contribution in [0.5, 0.6) is 0 Å². The van der Waals surface area contributed by atoms with Gasteiger partial charge in [0.2, 0.25) is 5.76 Å². The molecule has 3 rings (SSSR count). The van der Waals surface area contributed by atoms with Crippen LogP contribution in [0.4, 0.5) is 4.39 Å². The zero-order valence-corrected chi connectivity index (χ0v) is 9.92. The van der Waals surface area contributed by atoms with E-state index < -0.39 is 5.97 Å². The summed E-state index contributed by atoms with van der Waals surface area (Å²) in [5.41, 5.74) is 1.44. The van der Waals surface area contributed by atoms with Gasteiger partial charge in [0.25, 0.3) is 0 Å². The molecule has 2 aromatic heterocycles. The first kappa shape index (κ1) is 11.5. The van der Waals surface area contributed by atoms with Crippen LogP contribution in [0, 0.1) is 5.82 Å². The van der Waals surface area contributed by atoms with Crippen molar-refractivity contribution < 1.29 is 18.8 Å². The first-order valence-electron chi connectivity index (χ1n) is 5.52. The molecule has 96 valence electrons. The number of carbonyl (C=O) groups is 1. The van der Waals surface area contributed by atoms with Gasteiger partial charge in [-0.3, -0.25) is 0 Å². The number of aryl methyl sites for hydroxylation is 1. The Morgan fingerprint density at radius 1 is 1.47 bits per heavy atom. The van der Waals surface area contributed by atoms with Crippen molar-refractivity contribution in [2.45, 2.75) is 0 Å². The van der Waals surface area contributed by atoms with Gasteiger partial charge in [-0.1, -0.05) is 17.3 Å². The van der Waals surface area contributed by atoms with E-state index in [1.165, 1.54) is 12.1 Å². The highest BCUT2D eigenvalue weighted by Gasteiger charge is 2.17. The minimum Gasteiger partial charge on any atom is -0.475 e. The highest BCUT2D eigenvalue weighted by molar-refractivity contribution is 5.96.